The standard InChI is InChI=1S/C22H21N7S/c1-3-9-16(10-4-1)18-15-19(28-27-18)23-20-24-21(29-13-7-8-14-29)26-22(25-20)30-17-11-5-2-6-12-17/h1-6,9-12,15H,7-8,13-14H2,(H2,23,24,25,26,27,28). The van der Waals surface area contributed by atoms with Gasteiger partial charge in [0.15, 0.2) is 11.0 Å². The van der Waals surface area contributed by atoms with E-state index in [1.807, 2.05) is 54.6 Å². The zero-order valence-corrected chi connectivity index (χ0v) is 17.1. The van der Waals surface area contributed by atoms with Gasteiger partial charge in [0.25, 0.3) is 0 Å². The van der Waals surface area contributed by atoms with E-state index in [4.69, 9.17) is 4.98 Å². The Kier molecular flexibility index (Phi) is 5.30. The van der Waals surface area contributed by atoms with E-state index < -0.39 is 0 Å². The van der Waals surface area contributed by atoms with E-state index in [9.17, 15) is 0 Å². The summed E-state index contributed by atoms with van der Waals surface area (Å²) in [7, 11) is 0. The van der Waals surface area contributed by atoms with Gasteiger partial charge in [-0.3, -0.25) is 5.10 Å². The Morgan fingerprint density at radius 3 is 2.37 bits per heavy atom. The first kappa shape index (κ1) is 18.6. The highest BCUT2D eigenvalue weighted by atomic mass is 32.2. The van der Waals surface area contributed by atoms with Crippen LogP contribution in [0, 0.1) is 0 Å². The number of rotatable bonds is 6. The summed E-state index contributed by atoms with van der Waals surface area (Å²) < 4.78 is 0. The van der Waals surface area contributed by atoms with E-state index in [0.29, 0.717) is 22.9 Å². The van der Waals surface area contributed by atoms with Crippen molar-refractivity contribution >= 4 is 29.5 Å². The molecule has 0 amide bonds. The van der Waals surface area contributed by atoms with Crippen molar-refractivity contribution in [3.63, 3.8) is 0 Å². The molecular weight excluding hydrogens is 394 g/mol. The molecule has 30 heavy (non-hydrogen) atoms. The largest absolute Gasteiger partial charge is 0.341 e. The number of aromatic nitrogens is 5. The van der Waals surface area contributed by atoms with Crippen molar-refractivity contribution in [3.8, 4) is 11.3 Å². The first-order valence-electron chi connectivity index (χ1n) is 9.95. The van der Waals surface area contributed by atoms with Gasteiger partial charge in [-0.05, 0) is 42.3 Å². The Morgan fingerprint density at radius 2 is 1.60 bits per heavy atom. The minimum absolute atomic E-state index is 0.497. The molecule has 0 radical (unpaired) electrons. The Labute approximate surface area is 179 Å². The van der Waals surface area contributed by atoms with Crippen molar-refractivity contribution in [2.45, 2.75) is 22.9 Å². The molecule has 2 N–H and O–H groups in total. The lowest BCUT2D eigenvalue weighted by Gasteiger charge is -2.16. The van der Waals surface area contributed by atoms with Crippen molar-refractivity contribution in [2.75, 3.05) is 23.3 Å². The van der Waals surface area contributed by atoms with Gasteiger partial charge in [-0.1, -0.05) is 48.5 Å². The SMILES string of the molecule is c1ccc(Sc2nc(Nc3cc(-c4ccccc4)[nH]n3)nc(N3CCCC3)n2)cc1. The molecule has 8 heteroatoms. The lowest BCUT2D eigenvalue weighted by Crippen LogP contribution is -2.21. The fourth-order valence-electron chi connectivity index (χ4n) is 3.37. The maximum absolute atomic E-state index is 4.70. The number of nitrogens with one attached hydrogen (secondary N) is 2. The predicted octanol–water partition coefficient (Wildman–Crippen LogP) is 4.76. The third-order valence-electron chi connectivity index (χ3n) is 4.85. The molecule has 2 aromatic heterocycles. The van der Waals surface area contributed by atoms with E-state index in [-0.39, 0.29) is 0 Å². The lowest BCUT2D eigenvalue weighted by atomic mass is 10.2. The first-order chi connectivity index (χ1) is 14.8. The van der Waals surface area contributed by atoms with Crippen LogP contribution in [-0.4, -0.2) is 38.2 Å². The van der Waals surface area contributed by atoms with Crippen LogP contribution in [0.5, 0.6) is 0 Å². The molecule has 3 heterocycles. The molecule has 1 fully saturated rings. The molecule has 2 aromatic carbocycles. The molecule has 1 aliphatic heterocycles. The zero-order valence-electron chi connectivity index (χ0n) is 16.3. The van der Waals surface area contributed by atoms with Crippen LogP contribution in [-0.2, 0) is 0 Å². The molecule has 150 valence electrons. The zero-order chi connectivity index (χ0) is 20.2. The molecule has 5 rings (SSSR count). The van der Waals surface area contributed by atoms with Gasteiger partial charge in [0.05, 0.1) is 5.69 Å². The maximum Gasteiger partial charge on any atom is 0.234 e. The monoisotopic (exact) mass is 415 g/mol. The van der Waals surface area contributed by atoms with Crippen LogP contribution in [0.2, 0.25) is 0 Å². The van der Waals surface area contributed by atoms with E-state index in [0.717, 1.165) is 42.1 Å². The molecule has 0 atom stereocenters. The number of aromatic amines is 1. The van der Waals surface area contributed by atoms with Gasteiger partial charge in [0, 0.05) is 24.1 Å². The topological polar surface area (TPSA) is 82.6 Å². The van der Waals surface area contributed by atoms with Gasteiger partial charge in [0.1, 0.15) is 0 Å². The summed E-state index contributed by atoms with van der Waals surface area (Å²) in [6.07, 6.45) is 2.32. The van der Waals surface area contributed by atoms with Gasteiger partial charge in [-0.2, -0.15) is 20.1 Å². The fourth-order valence-corrected chi connectivity index (χ4v) is 4.13. The molecule has 7 nitrogen and oxygen atoms in total. The van der Waals surface area contributed by atoms with Crippen LogP contribution in [0.15, 0.2) is 76.8 Å². The summed E-state index contributed by atoms with van der Waals surface area (Å²) in [5.74, 6) is 1.88. The van der Waals surface area contributed by atoms with E-state index >= 15 is 0 Å². The van der Waals surface area contributed by atoms with Gasteiger partial charge in [-0.15, -0.1) is 0 Å². The number of anilines is 3. The Hall–Kier alpha value is -3.39. The average molecular weight is 416 g/mol. The summed E-state index contributed by atoms with van der Waals surface area (Å²) in [6, 6.07) is 22.2. The molecule has 0 unspecified atom stereocenters. The summed E-state index contributed by atoms with van der Waals surface area (Å²) >= 11 is 1.53. The Bertz CT molecular complexity index is 1110. The van der Waals surface area contributed by atoms with Crippen molar-refractivity contribution in [1.82, 2.24) is 25.1 Å². The summed E-state index contributed by atoms with van der Waals surface area (Å²) in [6.45, 7) is 1.94. The fraction of sp³-hybridized carbons (Fsp3) is 0.182. The lowest BCUT2D eigenvalue weighted by molar-refractivity contribution is 0.831. The minimum atomic E-state index is 0.497. The van der Waals surface area contributed by atoms with Gasteiger partial charge < -0.3 is 10.2 Å². The summed E-state index contributed by atoms with van der Waals surface area (Å²) in [4.78, 5) is 17.3. The molecule has 0 spiro atoms. The molecule has 0 aliphatic carbocycles. The van der Waals surface area contributed by atoms with Crippen LogP contribution in [0.1, 0.15) is 12.8 Å². The highest BCUT2D eigenvalue weighted by Gasteiger charge is 2.18. The predicted molar refractivity (Wildman–Crippen MR) is 119 cm³/mol. The second-order valence-electron chi connectivity index (χ2n) is 7.01. The number of benzene rings is 2. The Morgan fingerprint density at radius 1 is 0.867 bits per heavy atom. The third-order valence-corrected chi connectivity index (χ3v) is 5.72. The van der Waals surface area contributed by atoms with Crippen LogP contribution >= 0.6 is 11.8 Å². The second-order valence-corrected chi connectivity index (χ2v) is 8.05. The first-order valence-corrected chi connectivity index (χ1v) is 10.8. The highest BCUT2D eigenvalue weighted by Crippen LogP contribution is 2.28. The molecular formula is C22H21N7S. The highest BCUT2D eigenvalue weighted by molar-refractivity contribution is 7.99. The molecule has 4 aromatic rings. The quantitative estimate of drug-likeness (QED) is 0.470. The minimum Gasteiger partial charge on any atom is -0.341 e. The number of hydrogen-bond donors (Lipinski definition) is 2. The Balaban J connectivity index is 1.42. The van der Waals surface area contributed by atoms with E-state index in [1.165, 1.54) is 11.8 Å². The molecule has 0 saturated carbocycles. The van der Waals surface area contributed by atoms with Crippen molar-refractivity contribution in [2.24, 2.45) is 0 Å². The van der Waals surface area contributed by atoms with Crippen molar-refractivity contribution < 1.29 is 0 Å². The average Bonchev–Trinajstić information content (AvgIpc) is 3.48. The van der Waals surface area contributed by atoms with Gasteiger partial charge >= 0.3 is 0 Å². The van der Waals surface area contributed by atoms with Crippen molar-refractivity contribution in [3.05, 3.63) is 66.7 Å². The van der Waals surface area contributed by atoms with Gasteiger partial charge in [0.2, 0.25) is 11.9 Å². The summed E-state index contributed by atoms with van der Waals surface area (Å²) in [5, 5.41) is 11.3. The van der Waals surface area contributed by atoms with E-state index in [2.05, 4.69) is 42.5 Å². The second kappa shape index (κ2) is 8.54. The molecule has 1 aliphatic rings. The summed E-state index contributed by atoms with van der Waals surface area (Å²) in [5.41, 5.74) is 2.01. The third kappa shape index (κ3) is 4.28. The van der Waals surface area contributed by atoms with E-state index in [1.54, 1.807) is 0 Å². The van der Waals surface area contributed by atoms with Crippen molar-refractivity contribution in [1.29, 1.82) is 0 Å². The number of hydrogen-bond acceptors (Lipinski definition) is 7. The molecule has 0 bridgehead atoms. The van der Waals surface area contributed by atoms with Crippen LogP contribution in [0.25, 0.3) is 11.3 Å². The van der Waals surface area contributed by atoms with Crippen LogP contribution < -0.4 is 10.2 Å². The smallest absolute Gasteiger partial charge is 0.234 e. The van der Waals surface area contributed by atoms with Crippen LogP contribution in [0.3, 0.4) is 0 Å². The molecule has 1 saturated heterocycles. The number of H-pyrrole nitrogens is 1. The number of nitrogens with zero attached hydrogens (tertiary/aromatic N) is 5. The normalized spacial score (nSPS) is 13.5. The van der Waals surface area contributed by atoms with Crippen LogP contribution in [0.4, 0.5) is 17.7 Å². The van der Waals surface area contributed by atoms with Gasteiger partial charge in [-0.25, -0.2) is 0 Å². The maximum atomic E-state index is 4.70.